The standard InChI is InChI=1S/C17H20ClN3O2S/c1-13-5-6-16(14(2)12-13)24(22,23)21-10-8-20(9-11-21)17-15(18)4-3-7-19-17/h3-7,12H,8-11H2,1-2H3. The summed E-state index contributed by atoms with van der Waals surface area (Å²) >= 11 is 6.18. The average molecular weight is 366 g/mol. The quantitative estimate of drug-likeness (QED) is 0.839. The highest BCUT2D eigenvalue weighted by atomic mass is 35.5. The molecule has 3 rings (SSSR count). The number of hydrogen-bond donors (Lipinski definition) is 0. The Hall–Kier alpha value is -1.63. The lowest BCUT2D eigenvalue weighted by Gasteiger charge is -2.35. The Bertz CT molecular complexity index is 847. The fourth-order valence-electron chi connectivity index (χ4n) is 2.98. The number of hydrogen-bond acceptors (Lipinski definition) is 4. The molecule has 1 aromatic carbocycles. The number of anilines is 1. The summed E-state index contributed by atoms with van der Waals surface area (Å²) in [5.74, 6) is 0.711. The molecule has 5 nitrogen and oxygen atoms in total. The molecule has 0 radical (unpaired) electrons. The lowest BCUT2D eigenvalue weighted by atomic mass is 10.2. The van der Waals surface area contributed by atoms with Gasteiger partial charge in [-0.15, -0.1) is 0 Å². The molecule has 1 aliphatic rings. The SMILES string of the molecule is Cc1ccc(S(=O)(=O)N2CCN(c3ncccc3Cl)CC2)c(C)c1. The zero-order valence-electron chi connectivity index (χ0n) is 13.7. The van der Waals surface area contributed by atoms with E-state index in [0.29, 0.717) is 41.9 Å². The highest BCUT2D eigenvalue weighted by Crippen LogP contribution is 2.26. The average Bonchev–Trinajstić information content (AvgIpc) is 2.55. The van der Waals surface area contributed by atoms with Crippen LogP contribution in [0.15, 0.2) is 41.4 Å². The summed E-state index contributed by atoms with van der Waals surface area (Å²) in [6.07, 6.45) is 1.69. The number of nitrogens with zero attached hydrogens (tertiary/aromatic N) is 3. The second-order valence-electron chi connectivity index (χ2n) is 5.97. The Kier molecular flexibility index (Phi) is 4.80. The Balaban J connectivity index is 1.78. The molecule has 7 heteroatoms. The van der Waals surface area contributed by atoms with Crippen LogP contribution in [0.2, 0.25) is 5.02 Å². The van der Waals surface area contributed by atoms with Crippen LogP contribution in [-0.2, 0) is 10.0 Å². The number of halogens is 1. The van der Waals surface area contributed by atoms with Crippen molar-refractivity contribution in [3.05, 3.63) is 52.7 Å². The van der Waals surface area contributed by atoms with E-state index in [1.54, 1.807) is 24.4 Å². The second kappa shape index (κ2) is 6.70. The predicted molar refractivity (Wildman–Crippen MR) is 96.1 cm³/mol. The smallest absolute Gasteiger partial charge is 0.243 e. The first-order valence-corrected chi connectivity index (χ1v) is 9.64. The summed E-state index contributed by atoms with van der Waals surface area (Å²) in [4.78, 5) is 6.71. The Labute approximate surface area is 147 Å². The molecule has 0 bridgehead atoms. The summed E-state index contributed by atoms with van der Waals surface area (Å²) in [5, 5.41) is 0.586. The molecule has 2 aromatic rings. The molecule has 0 saturated carbocycles. The summed E-state index contributed by atoms with van der Waals surface area (Å²) < 4.78 is 27.3. The van der Waals surface area contributed by atoms with E-state index in [0.717, 1.165) is 11.1 Å². The van der Waals surface area contributed by atoms with Crippen molar-refractivity contribution < 1.29 is 8.42 Å². The number of piperazine rings is 1. The zero-order valence-corrected chi connectivity index (χ0v) is 15.3. The maximum absolute atomic E-state index is 12.9. The summed E-state index contributed by atoms with van der Waals surface area (Å²) in [7, 11) is -3.47. The van der Waals surface area contributed by atoms with Crippen LogP contribution in [0.1, 0.15) is 11.1 Å². The van der Waals surface area contributed by atoms with Gasteiger partial charge in [0.2, 0.25) is 10.0 Å². The molecule has 0 unspecified atom stereocenters. The van der Waals surface area contributed by atoms with Crippen molar-refractivity contribution in [3.8, 4) is 0 Å². The molecule has 128 valence electrons. The van der Waals surface area contributed by atoms with Gasteiger partial charge >= 0.3 is 0 Å². The van der Waals surface area contributed by atoms with E-state index in [1.165, 1.54) is 4.31 Å². The maximum Gasteiger partial charge on any atom is 0.243 e. The molecular weight excluding hydrogens is 346 g/mol. The van der Waals surface area contributed by atoms with E-state index in [1.807, 2.05) is 30.9 Å². The second-order valence-corrected chi connectivity index (χ2v) is 8.28. The number of sulfonamides is 1. The number of rotatable bonds is 3. The third-order valence-electron chi connectivity index (χ3n) is 4.23. The van der Waals surface area contributed by atoms with Gasteiger partial charge in [0, 0.05) is 32.4 Å². The summed E-state index contributed by atoms with van der Waals surface area (Å²) in [6, 6.07) is 9.01. The van der Waals surface area contributed by atoms with Crippen LogP contribution in [-0.4, -0.2) is 43.9 Å². The van der Waals surface area contributed by atoms with E-state index >= 15 is 0 Å². The van der Waals surface area contributed by atoms with Crippen molar-refractivity contribution in [1.82, 2.24) is 9.29 Å². The van der Waals surface area contributed by atoms with Crippen molar-refractivity contribution >= 4 is 27.4 Å². The molecule has 0 spiro atoms. The normalized spacial score (nSPS) is 16.4. The Morgan fingerprint density at radius 2 is 1.79 bits per heavy atom. The highest BCUT2D eigenvalue weighted by molar-refractivity contribution is 7.89. The van der Waals surface area contributed by atoms with E-state index in [9.17, 15) is 8.42 Å². The number of pyridine rings is 1. The van der Waals surface area contributed by atoms with Gasteiger partial charge in [0.1, 0.15) is 5.82 Å². The predicted octanol–water partition coefficient (Wildman–Crippen LogP) is 2.86. The molecule has 1 aliphatic heterocycles. The first-order chi connectivity index (χ1) is 11.4. The van der Waals surface area contributed by atoms with Crippen LogP contribution in [0, 0.1) is 13.8 Å². The minimum Gasteiger partial charge on any atom is -0.353 e. The molecular formula is C17H20ClN3O2S. The summed E-state index contributed by atoms with van der Waals surface area (Å²) in [5.41, 5.74) is 1.84. The van der Waals surface area contributed by atoms with Crippen molar-refractivity contribution in [3.63, 3.8) is 0 Å². The lowest BCUT2D eigenvalue weighted by Crippen LogP contribution is -2.49. The van der Waals surface area contributed by atoms with Crippen LogP contribution in [0.4, 0.5) is 5.82 Å². The topological polar surface area (TPSA) is 53.5 Å². The van der Waals surface area contributed by atoms with Crippen molar-refractivity contribution in [2.75, 3.05) is 31.1 Å². The third-order valence-corrected chi connectivity index (χ3v) is 6.58. The zero-order chi connectivity index (χ0) is 17.3. The van der Waals surface area contributed by atoms with Crippen LogP contribution in [0.25, 0.3) is 0 Å². The van der Waals surface area contributed by atoms with Gasteiger partial charge in [-0.1, -0.05) is 29.3 Å². The van der Waals surface area contributed by atoms with Gasteiger partial charge in [0.25, 0.3) is 0 Å². The van der Waals surface area contributed by atoms with Crippen molar-refractivity contribution in [2.45, 2.75) is 18.7 Å². The molecule has 0 N–H and O–H groups in total. The van der Waals surface area contributed by atoms with E-state index in [4.69, 9.17) is 11.6 Å². The molecule has 24 heavy (non-hydrogen) atoms. The number of aryl methyl sites for hydroxylation is 2. The van der Waals surface area contributed by atoms with Crippen LogP contribution in [0.3, 0.4) is 0 Å². The van der Waals surface area contributed by atoms with Gasteiger partial charge in [-0.05, 0) is 37.6 Å². The summed E-state index contributed by atoms with van der Waals surface area (Å²) in [6.45, 7) is 5.77. The Morgan fingerprint density at radius 1 is 1.08 bits per heavy atom. The van der Waals surface area contributed by atoms with Gasteiger partial charge in [-0.25, -0.2) is 13.4 Å². The first kappa shape index (κ1) is 17.2. The van der Waals surface area contributed by atoms with Crippen LogP contribution < -0.4 is 4.90 Å². The van der Waals surface area contributed by atoms with Gasteiger partial charge in [0.05, 0.1) is 9.92 Å². The fraction of sp³-hybridized carbons (Fsp3) is 0.353. The van der Waals surface area contributed by atoms with Crippen molar-refractivity contribution in [2.24, 2.45) is 0 Å². The maximum atomic E-state index is 12.9. The molecule has 0 amide bonds. The highest BCUT2D eigenvalue weighted by Gasteiger charge is 2.30. The molecule has 0 atom stereocenters. The van der Waals surface area contributed by atoms with Crippen LogP contribution in [0.5, 0.6) is 0 Å². The third kappa shape index (κ3) is 3.27. The van der Waals surface area contributed by atoms with Gasteiger partial charge < -0.3 is 4.90 Å². The van der Waals surface area contributed by atoms with E-state index in [2.05, 4.69) is 4.98 Å². The Morgan fingerprint density at radius 3 is 2.42 bits per heavy atom. The number of aromatic nitrogens is 1. The molecule has 1 aromatic heterocycles. The lowest BCUT2D eigenvalue weighted by molar-refractivity contribution is 0.383. The minimum atomic E-state index is -3.47. The molecule has 2 heterocycles. The van der Waals surface area contributed by atoms with Gasteiger partial charge in [-0.2, -0.15) is 4.31 Å². The number of benzene rings is 1. The minimum absolute atomic E-state index is 0.386. The monoisotopic (exact) mass is 365 g/mol. The van der Waals surface area contributed by atoms with E-state index in [-0.39, 0.29) is 0 Å². The van der Waals surface area contributed by atoms with Crippen LogP contribution >= 0.6 is 11.6 Å². The first-order valence-electron chi connectivity index (χ1n) is 7.82. The van der Waals surface area contributed by atoms with Gasteiger partial charge in [-0.3, -0.25) is 0 Å². The molecule has 1 fully saturated rings. The fourth-order valence-corrected chi connectivity index (χ4v) is 4.85. The van der Waals surface area contributed by atoms with Gasteiger partial charge in [0.15, 0.2) is 0 Å². The largest absolute Gasteiger partial charge is 0.353 e. The van der Waals surface area contributed by atoms with E-state index < -0.39 is 10.0 Å². The van der Waals surface area contributed by atoms with Crippen molar-refractivity contribution in [1.29, 1.82) is 0 Å². The molecule has 0 aliphatic carbocycles. The molecule has 1 saturated heterocycles.